The van der Waals surface area contributed by atoms with E-state index < -0.39 is 0 Å². The molecule has 1 aromatic heterocycles. The van der Waals surface area contributed by atoms with Gasteiger partial charge in [0.15, 0.2) is 0 Å². The zero-order chi connectivity index (χ0) is 17.3. The van der Waals surface area contributed by atoms with E-state index in [1.165, 1.54) is 15.7 Å². The highest BCUT2D eigenvalue weighted by Crippen LogP contribution is 2.33. The summed E-state index contributed by atoms with van der Waals surface area (Å²) in [7, 11) is 1.83. The van der Waals surface area contributed by atoms with Gasteiger partial charge in [-0.05, 0) is 50.3 Å². The van der Waals surface area contributed by atoms with Gasteiger partial charge in [-0.15, -0.1) is 0 Å². The van der Waals surface area contributed by atoms with Gasteiger partial charge in [-0.2, -0.15) is 4.98 Å². The van der Waals surface area contributed by atoms with Gasteiger partial charge in [-0.1, -0.05) is 24.3 Å². The molecule has 1 aromatic carbocycles. The second-order valence-electron chi connectivity index (χ2n) is 6.52. The molecule has 3 rings (SSSR count). The SMILES string of the molecule is Cc1cc(C)n(CC(=O)N(C)[C@H]2CCCc3ccccc32)c(=O)n1. The molecular formula is C19H23N3O2. The molecule has 5 heteroatoms. The first-order valence-electron chi connectivity index (χ1n) is 8.36. The van der Waals surface area contributed by atoms with Gasteiger partial charge < -0.3 is 4.90 Å². The molecule has 1 atom stereocenters. The van der Waals surface area contributed by atoms with Crippen LogP contribution in [-0.2, 0) is 17.8 Å². The molecule has 0 bridgehead atoms. The van der Waals surface area contributed by atoms with E-state index >= 15 is 0 Å². The highest BCUT2D eigenvalue weighted by Gasteiger charge is 2.26. The van der Waals surface area contributed by atoms with E-state index in [4.69, 9.17) is 0 Å². The van der Waals surface area contributed by atoms with E-state index in [-0.39, 0.29) is 24.2 Å². The van der Waals surface area contributed by atoms with Crippen LogP contribution in [-0.4, -0.2) is 27.4 Å². The number of hydrogen-bond acceptors (Lipinski definition) is 3. The fourth-order valence-electron chi connectivity index (χ4n) is 3.52. The smallest absolute Gasteiger partial charge is 0.337 e. The summed E-state index contributed by atoms with van der Waals surface area (Å²) in [6.45, 7) is 3.65. The Morgan fingerprint density at radius 2 is 2.08 bits per heavy atom. The molecule has 1 aliphatic rings. The number of carbonyl (C=O) groups excluding carboxylic acids is 1. The molecule has 24 heavy (non-hydrogen) atoms. The molecule has 0 radical (unpaired) electrons. The third-order valence-corrected chi connectivity index (χ3v) is 4.84. The predicted octanol–water partition coefficient (Wildman–Crippen LogP) is 2.40. The molecule has 0 fully saturated rings. The first-order valence-corrected chi connectivity index (χ1v) is 8.36. The highest BCUT2D eigenvalue weighted by molar-refractivity contribution is 5.76. The molecule has 1 heterocycles. The van der Waals surface area contributed by atoms with Gasteiger partial charge in [0, 0.05) is 18.4 Å². The summed E-state index contributed by atoms with van der Waals surface area (Å²) in [4.78, 5) is 30.5. The number of fused-ring (bicyclic) bond motifs is 1. The maximum absolute atomic E-state index is 12.7. The molecule has 5 nitrogen and oxygen atoms in total. The van der Waals surface area contributed by atoms with Crippen molar-refractivity contribution in [3.8, 4) is 0 Å². The number of aromatic nitrogens is 2. The first kappa shape index (κ1) is 16.4. The minimum atomic E-state index is -0.363. The summed E-state index contributed by atoms with van der Waals surface area (Å²) in [6.07, 6.45) is 3.10. The van der Waals surface area contributed by atoms with E-state index in [9.17, 15) is 9.59 Å². The summed E-state index contributed by atoms with van der Waals surface area (Å²) in [5.41, 5.74) is 3.62. The Labute approximate surface area is 141 Å². The molecular weight excluding hydrogens is 302 g/mol. The number of rotatable bonds is 3. The van der Waals surface area contributed by atoms with Crippen LogP contribution in [0.1, 0.15) is 41.4 Å². The molecule has 0 saturated heterocycles. The third-order valence-electron chi connectivity index (χ3n) is 4.84. The number of nitrogens with zero attached hydrogens (tertiary/aromatic N) is 3. The molecule has 0 unspecified atom stereocenters. The van der Waals surface area contributed by atoms with Crippen molar-refractivity contribution in [1.82, 2.24) is 14.5 Å². The van der Waals surface area contributed by atoms with E-state index in [0.29, 0.717) is 5.69 Å². The monoisotopic (exact) mass is 325 g/mol. The summed E-state index contributed by atoms with van der Waals surface area (Å²) < 4.78 is 1.45. The van der Waals surface area contributed by atoms with Crippen LogP contribution >= 0.6 is 0 Å². The molecule has 0 N–H and O–H groups in total. The Hall–Kier alpha value is -2.43. The van der Waals surface area contributed by atoms with Crippen molar-refractivity contribution < 1.29 is 4.79 Å². The standard InChI is InChI=1S/C19H23N3O2/c1-13-11-14(2)22(19(24)20-13)12-18(23)21(3)17-10-6-8-15-7-4-5-9-16(15)17/h4-5,7,9,11,17H,6,8,10,12H2,1-3H3/t17-/m0/s1. The third kappa shape index (κ3) is 3.11. The zero-order valence-corrected chi connectivity index (χ0v) is 14.5. The minimum absolute atomic E-state index is 0.0348. The zero-order valence-electron chi connectivity index (χ0n) is 14.5. The average molecular weight is 325 g/mol. The Bertz CT molecular complexity index is 826. The van der Waals surface area contributed by atoms with Crippen LogP contribution < -0.4 is 5.69 Å². The van der Waals surface area contributed by atoms with E-state index in [1.807, 2.05) is 32.2 Å². The largest absolute Gasteiger partial charge is 0.348 e. The van der Waals surface area contributed by atoms with Crippen molar-refractivity contribution >= 4 is 5.91 Å². The van der Waals surface area contributed by atoms with Crippen LogP contribution in [0.4, 0.5) is 0 Å². The second-order valence-corrected chi connectivity index (χ2v) is 6.52. The van der Waals surface area contributed by atoms with Crippen molar-refractivity contribution in [1.29, 1.82) is 0 Å². The van der Waals surface area contributed by atoms with Crippen LogP contribution in [0.3, 0.4) is 0 Å². The van der Waals surface area contributed by atoms with Crippen LogP contribution in [0.2, 0.25) is 0 Å². The van der Waals surface area contributed by atoms with Gasteiger partial charge in [0.05, 0.1) is 6.04 Å². The van der Waals surface area contributed by atoms with E-state index in [0.717, 1.165) is 25.0 Å². The maximum atomic E-state index is 12.7. The molecule has 0 spiro atoms. The lowest BCUT2D eigenvalue weighted by atomic mass is 9.87. The Kier molecular flexibility index (Phi) is 4.51. The number of likely N-dealkylation sites (N-methyl/N-ethyl adjacent to an activating group) is 1. The van der Waals surface area contributed by atoms with Crippen LogP contribution in [0.25, 0.3) is 0 Å². The van der Waals surface area contributed by atoms with Crippen LogP contribution in [0.5, 0.6) is 0 Å². The summed E-state index contributed by atoms with van der Waals surface area (Å²) in [5.74, 6) is -0.0624. The number of aryl methyl sites for hydroxylation is 3. The summed E-state index contributed by atoms with van der Waals surface area (Å²) in [5, 5.41) is 0. The van der Waals surface area contributed by atoms with Crippen molar-refractivity contribution in [2.45, 2.75) is 45.7 Å². The topological polar surface area (TPSA) is 55.2 Å². The average Bonchev–Trinajstić information content (AvgIpc) is 2.56. The number of amides is 1. The fraction of sp³-hybridized carbons (Fsp3) is 0.421. The fourth-order valence-corrected chi connectivity index (χ4v) is 3.52. The Morgan fingerprint density at radius 3 is 2.83 bits per heavy atom. The molecule has 1 aliphatic carbocycles. The predicted molar refractivity (Wildman–Crippen MR) is 92.9 cm³/mol. The first-order chi connectivity index (χ1) is 11.5. The van der Waals surface area contributed by atoms with Gasteiger partial charge in [-0.3, -0.25) is 9.36 Å². The van der Waals surface area contributed by atoms with E-state index in [1.54, 1.807) is 11.8 Å². The lowest BCUT2D eigenvalue weighted by Crippen LogP contribution is -2.38. The molecule has 126 valence electrons. The number of benzene rings is 1. The van der Waals surface area contributed by atoms with Crippen molar-refractivity contribution in [3.63, 3.8) is 0 Å². The van der Waals surface area contributed by atoms with Gasteiger partial charge in [-0.25, -0.2) is 4.79 Å². The van der Waals surface area contributed by atoms with E-state index in [2.05, 4.69) is 17.1 Å². The maximum Gasteiger partial charge on any atom is 0.348 e. The molecule has 1 amide bonds. The normalized spacial score (nSPS) is 16.5. The lowest BCUT2D eigenvalue weighted by molar-refractivity contribution is -0.133. The van der Waals surface area contributed by atoms with Crippen molar-refractivity contribution in [2.24, 2.45) is 0 Å². The second kappa shape index (κ2) is 6.59. The number of hydrogen-bond donors (Lipinski definition) is 0. The Balaban J connectivity index is 1.83. The van der Waals surface area contributed by atoms with Crippen molar-refractivity contribution in [2.75, 3.05) is 7.05 Å². The van der Waals surface area contributed by atoms with Crippen LogP contribution in [0, 0.1) is 13.8 Å². The van der Waals surface area contributed by atoms with Gasteiger partial charge in [0.25, 0.3) is 0 Å². The quantitative estimate of drug-likeness (QED) is 0.871. The molecule has 0 saturated carbocycles. The van der Waals surface area contributed by atoms with Gasteiger partial charge >= 0.3 is 5.69 Å². The Morgan fingerprint density at radius 1 is 1.33 bits per heavy atom. The van der Waals surface area contributed by atoms with Crippen LogP contribution in [0.15, 0.2) is 35.1 Å². The summed E-state index contributed by atoms with van der Waals surface area (Å²) in [6, 6.07) is 10.2. The number of carbonyl (C=O) groups is 1. The van der Waals surface area contributed by atoms with Gasteiger partial charge in [0.1, 0.15) is 6.54 Å². The molecule has 0 aliphatic heterocycles. The summed E-state index contributed by atoms with van der Waals surface area (Å²) >= 11 is 0. The minimum Gasteiger partial charge on any atom is -0.337 e. The molecule has 2 aromatic rings. The van der Waals surface area contributed by atoms with Crippen molar-refractivity contribution in [3.05, 3.63) is 63.3 Å². The lowest BCUT2D eigenvalue weighted by Gasteiger charge is -2.33. The van der Waals surface area contributed by atoms with Gasteiger partial charge in [0.2, 0.25) is 5.91 Å². The highest BCUT2D eigenvalue weighted by atomic mass is 16.2.